The van der Waals surface area contributed by atoms with Gasteiger partial charge in [0, 0.05) is 99.8 Å². The number of nitrogens with one attached hydrogen (secondary N) is 4. The fourth-order valence-electron chi connectivity index (χ4n) is 17.6. The molecule has 0 atom stereocenters. The number of azo groups is 1. The Bertz CT molecular complexity index is 7180. The molecule has 6 aromatic heterocycles. The lowest BCUT2D eigenvalue weighted by Gasteiger charge is -2.07. The number of fused-ring (bicyclic) bond motifs is 16. The fraction of sp³-hybridized carbons (Fsp3) is 0.0351. The van der Waals surface area contributed by atoms with Gasteiger partial charge in [0.1, 0.15) is 0 Å². The quantitative estimate of drug-likeness (QED) is 0.0502. The van der Waals surface area contributed by atoms with Crippen LogP contribution < -0.4 is 0 Å². The largest absolute Gasteiger partial charge is 0.355 e. The molecular weight excluding hydrogens is 1510 g/mol. The summed E-state index contributed by atoms with van der Waals surface area (Å²) in [6, 6.07) is 116. The summed E-state index contributed by atoms with van der Waals surface area (Å²) >= 11 is 0. The van der Waals surface area contributed by atoms with Crippen molar-refractivity contribution in [3.05, 3.63) is 453 Å². The Morgan fingerprint density at radius 2 is 0.468 bits per heavy atom. The maximum atomic E-state index is 5.47. The molecule has 10 heteroatoms. The van der Waals surface area contributed by atoms with Crippen LogP contribution in [0.5, 0.6) is 0 Å². The van der Waals surface area contributed by atoms with Gasteiger partial charge in [-0.25, -0.2) is 19.9 Å². The van der Waals surface area contributed by atoms with Crippen LogP contribution in [0.3, 0.4) is 0 Å². The monoisotopic (exact) mass is 1590 g/mol. The summed E-state index contributed by atoms with van der Waals surface area (Å²) in [5, 5.41) is 9.48. The molecule has 10 aromatic carbocycles. The van der Waals surface area contributed by atoms with E-state index in [9.17, 15) is 0 Å². The zero-order valence-corrected chi connectivity index (χ0v) is 67.6. The molecule has 0 unspecified atom stereocenters. The smallest absolute Gasteiger partial charge is 0.0859 e. The highest BCUT2D eigenvalue weighted by molar-refractivity contribution is 6.02. The van der Waals surface area contributed by atoms with Crippen molar-refractivity contribution in [1.29, 1.82) is 0 Å². The first-order valence-corrected chi connectivity index (χ1v) is 42.2. The Morgan fingerprint density at radius 1 is 0.202 bits per heavy atom. The maximum Gasteiger partial charge on any atom is 0.0859 e. The molecule has 0 spiro atoms. The summed E-state index contributed by atoms with van der Waals surface area (Å²) in [6.07, 6.45) is 29.2. The summed E-state index contributed by atoms with van der Waals surface area (Å²) in [4.78, 5) is 36.5. The van der Waals surface area contributed by atoms with Crippen LogP contribution >= 0.6 is 0 Å². The lowest BCUT2D eigenvalue weighted by atomic mass is 9.99. The van der Waals surface area contributed by atoms with Crippen molar-refractivity contribution in [3.8, 4) is 66.8 Å². The molecule has 584 valence electrons. The van der Waals surface area contributed by atoms with Crippen molar-refractivity contribution >= 4 is 126 Å². The number of aromatic nitrogens is 8. The molecule has 4 N–H and O–H groups in total. The first kappa shape index (κ1) is 73.9. The van der Waals surface area contributed by atoms with E-state index < -0.39 is 0 Å². The van der Waals surface area contributed by atoms with E-state index >= 15 is 0 Å². The van der Waals surface area contributed by atoms with Crippen molar-refractivity contribution in [3.63, 3.8) is 0 Å². The second-order valence-corrected chi connectivity index (χ2v) is 31.8. The SMILES string of the molecule is C1=C(c2ccc(CCc3cccc(N=Nc4cccc(CCc5ccc(C6=C=C(c7ccc(-c8c9nc(c(-c%10ccccc%10)c%10ccc(cc%11nc(c(-c%12ccccc%12)c%12ccc8[nH]%12)C=C%11)[nH]%10)C=C9)cc7)C=C6)cc5)c4)c3)cc2)C=CC=1c1ccc(-c2c3nc(c(-c4ccccc4)c4ccc(cc5nc(c(-c6ccccc6)c6ccc2[nH]6)C=C5)[nH]4)C=C3)cc1. The zero-order valence-electron chi connectivity index (χ0n) is 67.6. The zero-order chi connectivity index (χ0) is 82.2. The van der Waals surface area contributed by atoms with Crippen molar-refractivity contribution < 1.29 is 0 Å². The van der Waals surface area contributed by atoms with Gasteiger partial charge >= 0.3 is 0 Å². The molecule has 2 aliphatic carbocycles. The van der Waals surface area contributed by atoms with Crippen LogP contribution in [0, 0.1) is 0 Å². The van der Waals surface area contributed by atoms with Crippen LogP contribution in [0.2, 0.25) is 0 Å². The van der Waals surface area contributed by atoms with Crippen LogP contribution in [0.25, 0.3) is 182 Å². The molecule has 0 amide bonds. The van der Waals surface area contributed by atoms with Crippen LogP contribution in [0.15, 0.2) is 374 Å². The molecule has 10 heterocycles. The predicted molar refractivity (Wildman–Crippen MR) is 514 cm³/mol. The van der Waals surface area contributed by atoms with Gasteiger partial charge in [0.2, 0.25) is 0 Å². The maximum absolute atomic E-state index is 5.47. The molecule has 4 aliphatic heterocycles. The lowest BCUT2D eigenvalue weighted by Crippen LogP contribution is -1.92. The van der Waals surface area contributed by atoms with Crippen molar-refractivity contribution in [2.75, 3.05) is 0 Å². The number of benzene rings is 10. The molecule has 0 radical (unpaired) electrons. The Hall–Kier alpha value is -16.5. The number of H-pyrrole nitrogens is 4. The first-order valence-electron chi connectivity index (χ1n) is 42.2. The van der Waals surface area contributed by atoms with Gasteiger partial charge in [-0.2, -0.15) is 10.2 Å². The van der Waals surface area contributed by atoms with E-state index in [0.717, 1.165) is 238 Å². The third kappa shape index (κ3) is 15.1. The number of hydrogen-bond donors (Lipinski definition) is 4. The van der Waals surface area contributed by atoms with E-state index in [4.69, 9.17) is 30.2 Å². The summed E-state index contributed by atoms with van der Waals surface area (Å²) in [6.45, 7) is 0. The number of rotatable bonds is 18. The summed E-state index contributed by atoms with van der Waals surface area (Å²) in [5.41, 5.74) is 50.1. The van der Waals surface area contributed by atoms with Gasteiger partial charge in [-0.15, -0.1) is 11.5 Å². The molecule has 0 fully saturated rings. The topological polar surface area (TPSA) is 139 Å². The molecule has 22 rings (SSSR count). The van der Waals surface area contributed by atoms with E-state index in [1.165, 1.54) is 22.3 Å². The highest BCUT2D eigenvalue weighted by Gasteiger charge is 2.22. The van der Waals surface area contributed by atoms with Gasteiger partial charge in [-0.05, 0) is 261 Å². The van der Waals surface area contributed by atoms with E-state index in [1.807, 2.05) is 12.1 Å². The molecule has 124 heavy (non-hydrogen) atoms. The van der Waals surface area contributed by atoms with E-state index in [2.05, 4.69) is 420 Å². The molecule has 10 nitrogen and oxygen atoms in total. The average molecular weight is 1590 g/mol. The highest BCUT2D eigenvalue weighted by atomic mass is 15.1. The minimum atomic E-state index is 0.835. The van der Waals surface area contributed by atoms with E-state index in [-0.39, 0.29) is 0 Å². The second kappa shape index (κ2) is 32.3. The van der Waals surface area contributed by atoms with Crippen molar-refractivity contribution in [1.82, 2.24) is 39.9 Å². The molecule has 6 aliphatic rings. The van der Waals surface area contributed by atoms with Gasteiger partial charge in [0.15, 0.2) is 0 Å². The number of allylic oxidation sites excluding steroid dienone is 6. The van der Waals surface area contributed by atoms with Crippen molar-refractivity contribution in [2.24, 2.45) is 10.2 Å². The van der Waals surface area contributed by atoms with Gasteiger partial charge in [-0.1, -0.05) is 243 Å². The Kier molecular flexibility index (Phi) is 19.3. The standard InChI is InChI=1S/C114H78N10/c1-5-17-81(18-6-1)109-97-55-51-91(115-97)71-92-52-56-98(116-92)110(82-19-7-2-8-20-82)102-60-64-106(120-102)113(105-63-59-101(109)119-105)85-43-39-79(40-44-85)89-49-47-87(69-89)77-35-31-73(32-36-77)27-29-75-15-13-25-95(67-75)123-124-96-26-14-16-76(68-96)30-28-74-33-37-78(38-34-74)88-48-50-90(70-88)80-41-45-86(46-42-80)114-107-65-61-103(121-107)111(83-21-9-3-10-22-83)99-57-53-93(117-99)72-94-54-58-100(118-94)112(84-23-11-4-12-24-84)104-62-66-108(114)122-104/h1-26,31-68,71-72,115,117,120,122H,27-30H2. The Labute approximate surface area is 717 Å². The summed E-state index contributed by atoms with van der Waals surface area (Å²) < 4.78 is 0. The minimum absolute atomic E-state index is 0.835. The third-order valence-electron chi connectivity index (χ3n) is 23.8. The third-order valence-corrected chi connectivity index (χ3v) is 23.8. The Balaban J connectivity index is 0.461. The number of hydrogen-bond acceptors (Lipinski definition) is 6. The lowest BCUT2D eigenvalue weighted by molar-refractivity contribution is 0.957. The number of aryl methyl sites for hydroxylation is 4. The summed E-state index contributed by atoms with van der Waals surface area (Å²) in [7, 11) is 0. The molecule has 16 bridgehead atoms. The molecule has 0 saturated carbocycles. The van der Waals surface area contributed by atoms with Gasteiger partial charge in [0.25, 0.3) is 0 Å². The second-order valence-electron chi connectivity index (χ2n) is 31.8. The normalized spacial score (nSPS) is 13.0. The van der Waals surface area contributed by atoms with Gasteiger partial charge in [-0.3, -0.25) is 0 Å². The van der Waals surface area contributed by atoms with Crippen LogP contribution in [-0.4, -0.2) is 39.9 Å². The fourth-order valence-corrected chi connectivity index (χ4v) is 17.6. The van der Waals surface area contributed by atoms with E-state index in [0.29, 0.717) is 0 Å². The van der Waals surface area contributed by atoms with E-state index in [1.54, 1.807) is 0 Å². The average Bonchev–Trinajstić information content (AvgIpc) is 1.62. The van der Waals surface area contributed by atoms with Gasteiger partial charge in [0.05, 0.1) is 56.9 Å². The number of aromatic amines is 4. The van der Waals surface area contributed by atoms with Crippen molar-refractivity contribution in [2.45, 2.75) is 25.7 Å². The highest BCUT2D eigenvalue weighted by Crippen LogP contribution is 2.42. The predicted octanol–water partition coefficient (Wildman–Crippen LogP) is 28.9. The Morgan fingerprint density at radius 3 is 0.798 bits per heavy atom. The molecule has 0 saturated heterocycles. The first-order chi connectivity index (χ1) is 61.3. The van der Waals surface area contributed by atoms with Crippen LogP contribution in [0.1, 0.15) is 90.1 Å². The summed E-state index contributed by atoms with van der Waals surface area (Å²) in [5.74, 6) is 0. The number of nitrogens with zero attached hydrogens (tertiary/aromatic N) is 6. The van der Waals surface area contributed by atoms with Gasteiger partial charge < -0.3 is 19.9 Å². The minimum Gasteiger partial charge on any atom is -0.355 e. The molecular formula is C114H78N10. The molecule has 16 aromatic rings. The van der Waals surface area contributed by atoms with Crippen LogP contribution in [0.4, 0.5) is 11.4 Å². The van der Waals surface area contributed by atoms with Crippen LogP contribution in [-0.2, 0) is 25.7 Å².